The van der Waals surface area contributed by atoms with E-state index in [0.717, 1.165) is 4.88 Å². The molecule has 0 saturated carbocycles. The Morgan fingerprint density at radius 1 is 1.20 bits per heavy atom. The summed E-state index contributed by atoms with van der Waals surface area (Å²) in [6.45, 7) is 2.05. The molecule has 2 aromatic rings. The molecule has 104 valence electrons. The Labute approximate surface area is 121 Å². The van der Waals surface area contributed by atoms with Gasteiger partial charge in [0, 0.05) is 4.88 Å². The minimum Gasteiger partial charge on any atom is -0.462 e. The number of hydrogen-bond acceptors (Lipinski definition) is 4. The second-order valence-electron chi connectivity index (χ2n) is 4.07. The number of benzene rings is 1. The van der Waals surface area contributed by atoms with Gasteiger partial charge in [0.25, 0.3) is 0 Å². The van der Waals surface area contributed by atoms with Gasteiger partial charge < -0.3 is 10.1 Å². The van der Waals surface area contributed by atoms with Gasteiger partial charge in [0.2, 0.25) is 5.91 Å². The van der Waals surface area contributed by atoms with Gasteiger partial charge in [-0.2, -0.15) is 0 Å². The van der Waals surface area contributed by atoms with Crippen molar-refractivity contribution in [3.63, 3.8) is 0 Å². The molecule has 4 nitrogen and oxygen atoms in total. The summed E-state index contributed by atoms with van der Waals surface area (Å²) in [7, 11) is 0. The molecule has 1 aromatic carbocycles. The van der Waals surface area contributed by atoms with E-state index < -0.39 is 5.97 Å². The van der Waals surface area contributed by atoms with Crippen LogP contribution in [0.25, 0.3) is 0 Å². The zero-order chi connectivity index (χ0) is 14.4. The Bertz CT molecular complexity index is 593. The summed E-state index contributed by atoms with van der Waals surface area (Å²) in [4.78, 5) is 24.7. The molecule has 0 aliphatic heterocycles. The molecule has 0 saturated heterocycles. The number of esters is 1. The normalized spacial score (nSPS) is 10.1. The summed E-state index contributed by atoms with van der Waals surface area (Å²) < 4.78 is 4.97. The van der Waals surface area contributed by atoms with Crippen LogP contribution in [0, 0.1) is 0 Å². The molecule has 0 atom stereocenters. The lowest BCUT2D eigenvalue weighted by molar-refractivity contribution is -0.115. The number of para-hydroxylation sites is 1. The van der Waals surface area contributed by atoms with Gasteiger partial charge in [-0.25, -0.2) is 4.79 Å². The average Bonchev–Trinajstić information content (AvgIpc) is 2.92. The van der Waals surface area contributed by atoms with Gasteiger partial charge >= 0.3 is 5.97 Å². The lowest BCUT2D eigenvalue weighted by atomic mass is 10.1. The van der Waals surface area contributed by atoms with Crippen LogP contribution in [-0.2, 0) is 16.0 Å². The molecule has 0 unspecified atom stereocenters. The minimum atomic E-state index is -0.431. The Morgan fingerprint density at radius 3 is 2.70 bits per heavy atom. The summed E-state index contributed by atoms with van der Waals surface area (Å²) in [5.41, 5.74) is 0.849. The molecule has 0 aliphatic carbocycles. The summed E-state index contributed by atoms with van der Waals surface area (Å²) in [6.07, 6.45) is 0.300. The number of hydrogen-bond donors (Lipinski definition) is 1. The number of anilines is 1. The molecule has 0 bridgehead atoms. The first kappa shape index (κ1) is 14.3. The molecular weight excluding hydrogens is 274 g/mol. The molecule has 1 heterocycles. The highest BCUT2D eigenvalue weighted by atomic mass is 32.1. The molecule has 0 radical (unpaired) electrons. The highest BCUT2D eigenvalue weighted by Crippen LogP contribution is 2.17. The SMILES string of the molecule is CCOC(=O)c1ccccc1NC(=O)Cc1cccs1. The standard InChI is InChI=1S/C15H15NO3S/c1-2-19-15(18)12-7-3-4-8-13(12)16-14(17)10-11-6-5-9-20-11/h3-9H,2,10H2,1H3,(H,16,17). The maximum Gasteiger partial charge on any atom is 0.340 e. The van der Waals surface area contributed by atoms with E-state index in [1.165, 1.54) is 11.3 Å². The second-order valence-corrected chi connectivity index (χ2v) is 5.10. The van der Waals surface area contributed by atoms with E-state index in [4.69, 9.17) is 4.74 Å². The van der Waals surface area contributed by atoms with Crippen LogP contribution < -0.4 is 5.32 Å². The van der Waals surface area contributed by atoms with Crippen LogP contribution >= 0.6 is 11.3 Å². The van der Waals surface area contributed by atoms with Gasteiger partial charge in [-0.05, 0) is 30.5 Å². The van der Waals surface area contributed by atoms with Crippen molar-refractivity contribution in [3.8, 4) is 0 Å². The zero-order valence-corrected chi connectivity index (χ0v) is 11.9. The lowest BCUT2D eigenvalue weighted by Gasteiger charge is -2.09. The Morgan fingerprint density at radius 2 is 2.00 bits per heavy atom. The fraction of sp³-hybridized carbons (Fsp3) is 0.200. The third-order valence-electron chi connectivity index (χ3n) is 2.61. The molecule has 5 heteroatoms. The van der Waals surface area contributed by atoms with Crippen LogP contribution in [0.2, 0.25) is 0 Å². The fourth-order valence-electron chi connectivity index (χ4n) is 1.74. The van der Waals surface area contributed by atoms with Crippen molar-refractivity contribution in [2.24, 2.45) is 0 Å². The van der Waals surface area contributed by atoms with E-state index in [9.17, 15) is 9.59 Å². The molecule has 1 N–H and O–H groups in total. The summed E-state index contributed by atoms with van der Waals surface area (Å²) in [5.74, 6) is -0.580. The van der Waals surface area contributed by atoms with Crippen molar-refractivity contribution in [1.29, 1.82) is 0 Å². The first-order valence-corrected chi connectivity index (χ1v) is 7.17. The van der Waals surface area contributed by atoms with Crippen molar-refractivity contribution in [3.05, 3.63) is 52.2 Å². The third-order valence-corrected chi connectivity index (χ3v) is 3.49. The molecule has 0 aliphatic rings. The Hall–Kier alpha value is -2.14. The summed E-state index contributed by atoms with van der Waals surface area (Å²) in [6, 6.07) is 10.6. The maximum atomic E-state index is 12.0. The zero-order valence-electron chi connectivity index (χ0n) is 11.1. The first-order chi connectivity index (χ1) is 9.70. The fourth-order valence-corrected chi connectivity index (χ4v) is 2.45. The Balaban J connectivity index is 2.09. The number of carbonyl (C=O) groups excluding carboxylic acids is 2. The van der Waals surface area contributed by atoms with Crippen LogP contribution in [-0.4, -0.2) is 18.5 Å². The van der Waals surface area contributed by atoms with Gasteiger partial charge in [0.15, 0.2) is 0 Å². The maximum absolute atomic E-state index is 12.0. The van der Waals surface area contributed by atoms with Crippen LogP contribution in [0.4, 0.5) is 5.69 Å². The number of amides is 1. The minimum absolute atomic E-state index is 0.149. The lowest BCUT2D eigenvalue weighted by Crippen LogP contribution is -2.17. The molecule has 0 fully saturated rings. The third kappa shape index (κ3) is 3.68. The monoisotopic (exact) mass is 289 g/mol. The summed E-state index contributed by atoms with van der Waals surface area (Å²) >= 11 is 1.53. The largest absolute Gasteiger partial charge is 0.462 e. The van der Waals surface area contributed by atoms with Gasteiger partial charge in [-0.3, -0.25) is 4.79 Å². The average molecular weight is 289 g/mol. The van der Waals surface area contributed by atoms with Gasteiger partial charge in [-0.1, -0.05) is 18.2 Å². The van der Waals surface area contributed by atoms with Crippen LogP contribution in [0.15, 0.2) is 41.8 Å². The van der Waals surface area contributed by atoms with E-state index in [1.54, 1.807) is 31.2 Å². The van der Waals surface area contributed by atoms with Crippen LogP contribution in [0.3, 0.4) is 0 Å². The number of nitrogens with one attached hydrogen (secondary N) is 1. The van der Waals surface area contributed by atoms with Gasteiger partial charge in [0.05, 0.1) is 24.3 Å². The van der Waals surface area contributed by atoms with Crippen molar-refractivity contribution in [1.82, 2.24) is 0 Å². The van der Waals surface area contributed by atoms with Crippen LogP contribution in [0.5, 0.6) is 0 Å². The molecule has 1 aromatic heterocycles. The van der Waals surface area contributed by atoms with Gasteiger partial charge in [-0.15, -0.1) is 11.3 Å². The smallest absolute Gasteiger partial charge is 0.340 e. The predicted molar refractivity (Wildman–Crippen MR) is 79.1 cm³/mol. The van der Waals surface area contributed by atoms with Crippen molar-refractivity contribution in [2.45, 2.75) is 13.3 Å². The molecule has 20 heavy (non-hydrogen) atoms. The second kappa shape index (κ2) is 6.86. The van der Waals surface area contributed by atoms with E-state index in [-0.39, 0.29) is 5.91 Å². The van der Waals surface area contributed by atoms with E-state index in [1.807, 2.05) is 17.5 Å². The Kier molecular flexibility index (Phi) is 4.90. The first-order valence-electron chi connectivity index (χ1n) is 6.29. The summed E-state index contributed by atoms with van der Waals surface area (Å²) in [5, 5.41) is 4.68. The highest BCUT2D eigenvalue weighted by molar-refractivity contribution is 7.10. The molecule has 1 amide bonds. The molecular formula is C15H15NO3S. The number of carbonyl (C=O) groups is 2. The number of ether oxygens (including phenoxy) is 1. The van der Waals surface area contributed by atoms with Gasteiger partial charge in [0.1, 0.15) is 0 Å². The van der Waals surface area contributed by atoms with E-state index in [0.29, 0.717) is 24.3 Å². The molecule has 0 spiro atoms. The van der Waals surface area contributed by atoms with Crippen molar-refractivity contribution in [2.75, 3.05) is 11.9 Å². The number of thiophene rings is 1. The quantitative estimate of drug-likeness (QED) is 0.860. The van der Waals surface area contributed by atoms with Crippen LogP contribution in [0.1, 0.15) is 22.2 Å². The topological polar surface area (TPSA) is 55.4 Å². The predicted octanol–water partition coefficient (Wildman–Crippen LogP) is 3.11. The van der Waals surface area contributed by atoms with Crippen molar-refractivity contribution >= 4 is 28.9 Å². The number of rotatable bonds is 5. The molecule has 2 rings (SSSR count). The highest BCUT2D eigenvalue weighted by Gasteiger charge is 2.14. The van der Waals surface area contributed by atoms with Crippen molar-refractivity contribution < 1.29 is 14.3 Å². The van der Waals surface area contributed by atoms with E-state index in [2.05, 4.69) is 5.32 Å². The van der Waals surface area contributed by atoms with E-state index >= 15 is 0 Å².